The number of fused-ring (bicyclic) bond motifs is 1. The summed E-state index contributed by atoms with van der Waals surface area (Å²) in [5.74, 6) is 0. The number of hydrogen-bond acceptors (Lipinski definition) is 3. The van der Waals surface area contributed by atoms with Crippen LogP contribution in [0.3, 0.4) is 0 Å². The van der Waals surface area contributed by atoms with Crippen LogP contribution in [0, 0.1) is 6.07 Å². The van der Waals surface area contributed by atoms with Gasteiger partial charge in [-0.3, -0.25) is 0 Å². The van der Waals surface area contributed by atoms with Gasteiger partial charge in [-0.15, -0.1) is 6.07 Å². The van der Waals surface area contributed by atoms with E-state index in [1.807, 2.05) is 18.2 Å². The normalized spacial score (nSPS) is 9.45. The smallest absolute Gasteiger partial charge is 0.376 e. The van der Waals surface area contributed by atoms with Crippen molar-refractivity contribution in [1.29, 1.82) is 0 Å². The number of benzene rings is 1. The van der Waals surface area contributed by atoms with E-state index in [1.165, 1.54) is 11.3 Å². The summed E-state index contributed by atoms with van der Waals surface area (Å²) in [4.78, 5) is 4.09. The fourth-order valence-electron chi connectivity index (χ4n) is 0.835. The van der Waals surface area contributed by atoms with Gasteiger partial charge in [0.15, 0.2) is 5.13 Å². The minimum atomic E-state index is 0. The largest absolute Gasteiger partial charge is 2.00 e. The van der Waals surface area contributed by atoms with Crippen molar-refractivity contribution < 1.29 is 21.1 Å². The minimum Gasteiger partial charge on any atom is -0.376 e. The number of anilines is 1. The van der Waals surface area contributed by atoms with Crippen LogP contribution < -0.4 is 5.73 Å². The fraction of sp³-hybridized carbons (Fsp3) is 0. The Morgan fingerprint density at radius 3 is 3.09 bits per heavy atom. The van der Waals surface area contributed by atoms with E-state index in [0.717, 1.165) is 10.2 Å². The summed E-state index contributed by atoms with van der Waals surface area (Å²) in [6.45, 7) is 0. The number of nitrogen functional groups attached to an aromatic ring is 1. The molecule has 0 unspecified atom stereocenters. The molecule has 1 heterocycles. The predicted molar refractivity (Wildman–Crippen MR) is 42.9 cm³/mol. The molecule has 0 saturated heterocycles. The average molecular weight is 333 g/mol. The number of rotatable bonds is 0. The van der Waals surface area contributed by atoms with E-state index in [9.17, 15) is 0 Å². The molecule has 1 aromatic heterocycles. The van der Waals surface area contributed by atoms with E-state index in [0.29, 0.717) is 5.13 Å². The van der Waals surface area contributed by atoms with E-state index < -0.39 is 0 Å². The Labute approximate surface area is 82.7 Å². The third kappa shape index (κ3) is 1.60. The molecule has 1 aromatic carbocycles. The summed E-state index contributed by atoms with van der Waals surface area (Å²) in [6, 6.07) is 8.60. The third-order valence-corrected chi connectivity index (χ3v) is 2.10. The first-order valence-corrected chi connectivity index (χ1v) is 3.70. The third-order valence-electron chi connectivity index (χ3n) is 1.25. The molecule has 54 valence electrons. The van der Waals surface area contributed by atoms with E-state index >= 15 is 0 Å². The predicted octanol–water partition coefficient (Wildman–Crippen LogP) is 1.68. The number of nitrogens with two attached hydrogens (primary N) is 1. The molecule has 11 heavy (non-hydrogen) atoms. The van der Waals surface area contributed by atoms with E-state index in [2.05, 4.69) is 11.1 Å². The van der Waals surface area contributed by atoms with Crippen molar-refractivity contribution in [2.75, 3.05) is 5.73 Å². The van der Waals surface area contributed by atoms with Crippen molar-refractivity contribution in [3.8, 4) is 0 Å². The molecule has 0 radical (unpaired) electrons. The maximum atomic E-state index is 5.48. The first kappa shape index (κ1) is 8.69. The molecule has 4 heteroatoms. The maximum absolute atomic E-state index is 5.48. The van der Waals surface area contributed by atoms with Gasteiger partial charge in [-0.05, 0) is 5.52 Å². The topological polar surface area (TPSA) is 38.9 Å². The Morgan fingerprint density at radius 1 is 1.55 bits per heavy atom. The molecule has 0 aliphatic rings. The molecule has 0 amide bonds. The molecule has 0 aliphatic heterocycles. The molecule has 0 aliphatic carbocycles. The van der Waals surface area contributed by atoms with Gasteiger partial charge in [0.25, 0.3) is 0 Å². The molecule has 2 nitrogen and oxygen atoms in total. The van der Waals surface area contributed by atoms with E-state index in [4.69, 9.17) is 5.73 Å². The van der Waals surface area contributed by atoms with Crippen molar-refractivity contribution in [3.05, 3.63) is 24.3 Å². The van der Waals surface area contributed by atoms with Crippen molar-refractivity contribution in [2.24, 2.45) is 0 Å². The van der Waals surface area contributed by atoms with Crippen LogP contribution >= 0.6 is 11.3 Å². The standard InChI is InChI=1S/C7H5N2S.W/c8-7-9-5-3-1-2-4-6(5)10-7;/h1,3-4H,(H2,8,9);/q-1;+2. The molecule has 0 atom stereocenters. The Bertz CT molecular complexity index is 325. The summed E-state index contributed by atoms with van der Waals surface area (Å²) < 4.78 is 1.10. The number of nitrogens with zero attached hydrogens (tertiary/aromatic N) is 1. The van der Waals surface area contributed by atoms with Crippen LogP contribution in [0.2, 0.25) is 0 Å². The van der Waals surface area contributed by atoms with Crippen LogP contribution in [0.1, 0.15) is 0 Å². The van der Waals surface area contributed by atoms with E-state index in [1.54, 1.807) is 0 Å². The van der Waals surface area contributed by atoms with E-state index in [-0.39, 0.29) is 21.1 Å². The van der Waals surface area contributed by atoms with Crippen molar-refractivity contribution in [3.63, 3.8) is 0 Å². The van der Waals surface area contributed by atoms with Gasteiger partial charge in [0.05, 0.1) is 0 Å². The van der Waals surface area contributed by atoms with Crippen LogP contribution in [0.5, 0.6) is 0 Å². The fourth-order valence-corrected chi connectivity index (χ4v) is 1.55. The van der Waals surface area contributed by atoms with Gasteiger partial charge in [-0.25, -0.2) is 4.98 Å². The Morgan fingerprint density at radius 2 is 2.36 bits per heavy atom. The first-order valence-electron chi connectivity index (χ1n) is 2.88. The number of aromatic nitrogens is 1. The quantitative estimate of drug-likeness (QED) is 0.745. The van der Waals surface area contributed by atoms with Crippen LogP contribution in [0.15, 0.2) is 18.2 Å². The second-order valence-electron chi connectivity index (χ2n) is 1.95. The number of thiazole rings is 1. The summed E-state index contributed by atoms with van der Waals surface area (Å²) in [5, 5.41) is 0.620. The van der Waals surface area contributed by atoms with Crippen molar-refractivity contribution in [2.45, 2.75) is 0 Å². The Kier molecular flexibility index (Phi) is 2.63. The Hall–Kier alpha value is -0.402. The zero-order valence-corrected chi connectivity index (χ0v) is 9.32. The van der Waals surface area contributed by atoms with Gasteiger partial charge < -0.3 is 5.73 Å². The minimum absolute atomic E-state index is 0. The maximum Gasteiger partial charge on any atom is 2.00 e. The second kappa shape index (κ2) is 3.33. The first-order chi connectivity index (χ1) is 4.86. The van der Waals surface area contributed by atoms with Crippen LogP contribution in [0.4, 0.5) is 5.13 Å². The van der Waals surface area contributed by atoms with Gasteiger partial charge in [0, 0.05) is 0 Å². The molecule has 0 bridgehead atoms. The SMILES string of the molecule is Nc1nc2cc[c-]cc2s1.[W+2]. The zero-order chi connectivity index (χ0) is 6.97. The monoisotopic (exact) mass is 333 g/mol. The molecule has 0 saturated carbocycles. The molecule has 0 spiro atoms. The summed E-state index contributed by atoms with van der Waals surface area (Å²) in [7, 11) is 0. The van der Waals surface area contributed by atoms with Gasteiger partial charge in [-0.1, -0.05) is 4.70 Å². The van der Waals surface area contributed by atoms with Gasteiger partial charge in [0.1, 0.15) is 0 Å². The molecule has 2 N–H and O–H groups in total. The van der Waals surface area contributed by atoms with Gasteiger partial charge in [-0.2, -0.15) is 29.5 Å². The zero-order valence-electron chi connectivity index (χ0n) is 5.57. The molecule has 2 rings (SSSR count). The molecule has 0 fully saturated rings. The number of hydrogen-bond donors (Lipinski definition) is 1. The van der Waals surface area contributed by atoms with Crippen LogP contribution in [-0.2, 0) is 21.1 Å². The summed E-state index contributed by atoms with van der Waals surface area (Å²) in [6.07, 6.45) is 0. The summed E-state index contributed by atoms with van der Waals surface area (Å²) >= 11 is 1.49. The summed E-state index contributed by atoms with van der Waals surface area (Å²) in [5.41, 5.74) is 6.44. The van der Waals surface area contributed by atoms with Crippen molar-refractivity contribution >= 4 is 26.7 Å². The van der Waals surface area contributed by atoms with Crippen molar-refractivity contribution in [1.82, 2.24) is 4.98 Å². The molecule has 2 aromatic rings. The Balaban J connectivity index is 0.000000605. The van der Waals surface area contributed by atoms with Gasteiger partial charge >= 0.3 is 21.1 Å². The molecular formula is C7H5N2SW+. The average Bonchev–Trinajstić information content (AvgIpc) is 2.27. The van der Waals surface area contributed by atoms with Gasteiger partial charge in [0.2, 0.25) is 0 Å². The second-order valence-corrected chi connectivity index (χ2v) is 3.01. The molecular weight excluding hydrogens is 328 g/mol. The van der Waals surface area contributed by atoms with Crippen LogP contribution in [0.25, 0.3) is 10.2 Å². The van der Waals surface area contributed by atoms with Crippen LogP contribution in [-0.4, -0.2) is 4.98 Å².